The number of hydrogen-bond acceptors (Lipinski definition) is 5. The smallest absolute Gasteiger partial charge is 0.0893 e. The number of nitrogens with one attached hydrogen (secondary N) is 1. The molecule has 1 aromatic heterocycles. The normalized spacial score (nSPS) is 15.4. The highest BCUT2D eigenvalue weighted by Gasteiger charge is 2.20. The number of hydrogen-bond donors (Lipinski definition) is 2. The highest BCUT2D eigenvalue weighted by atomic mass is 32.1. The molecule has 0 saturated heterocycles. The Morgan fingerprint density at radius 2 is 2.43 bits per heavy atom. The van der Waals surface area contributed by atoms with E-state index in [0.29, 0.717) is 0 Å². The summed E-state index contributed by atoms with van der Waals surface area (Å²) in [6.45, 7) is 5.90. The third-order valence-corrected chi connectivity index (χ3v) is 3.05. The first-order valence-corrected chi connectivity index (χ1v) is 5.61. The average Bonchev–Trinajstić information content (AvgIpc) is 2.70. The lowest BCUT2D eigenvalue weighted by molar-refractivity contribution is 0.135. The molecule has 1 unspecified atom stereocenters. The van der Waals surface area contributed by atoms with Gasteiger partial charge < -0.3 is 10.4 Å². The molecule has 14 heavy (non-hydrogen) atoms. The van der Waals surface area contributed by atoms with Gasteiger partial charge in [-0.15, -0.1) is 5.10 Å². The van der Waals surface area contributed by atoms with Crippen LogP contribution in [0.25, 0.3) is 0 Å². The van der Waals surface area contributed by atoms with E-state index in [4.69, 9.17) is 0 Å². The number of rotatable bonds is 6. The Hall–Kier alpha value is -0.520. The van der Waals surface area contributed by atoms with Crippen LogP contribution in [-0.4, -0.2) is 27.8 Å². The molecule has 0 aliphatic heterocycles. The third-order valence-electron chi connectivity index (χ3n) is 2.50. The van der Waals surface area contributed by atoms with E-state index in [1.165, 1.54) is 11.5 Å². The molecule has 0 saturated carbocycles. The van der Waals surface area contributed by atoms with Crippen LogP contribution in [0, 0.1) is 5.41 Å². The molecule has 0 bridgehead atoms. The summed E-state index contributed by atoms with van der Waals surface area (Å²) in [6, 6.07) is 0. The van der Waals surface area contributed by atoms with Crippen molar-refractivity contribution in [1.82, 2.24) is 14.9 Å². The van der Waals surface area contributed by atoms with Gasteiger partial charge >= 0.3 is 0 Å². The summed E-state index contributed by atoms with van der Waals surface area (Å²) < 4.78 is 3.78. The van der Waals surface area contributed by atoms with E-state index in [-0.39, 0.29) is 12.0 Å². The lowest BCUT2D eigenvalue weighted by Crippen LogP contribution is -2.34. The summed E-state index contributed by atoms with van der Waals surface area (Å²) in [6.07, 6.45) is 0.964. The Morgan fingerprint density at radius 1 is 1.64 bits per heavy atom. The van der Waals surface area contributed by atoms with Crippen molar-refractivity contribution in [2.24, 2.45) is 5.41 Å². The van der Waals surface area contributed by atoms with Crippen LogP contribution in [0.1, 0.15) is 26.0 Å². The van der Waals surface area contributed by atoms with Crippen LogP contribution < -0.4 is 5.32 Å². The number of aromatic nitrogens is 2. The van der Waals surface area contributed by atoms with Gasteiger partial charge in [-0.05, 0) is 18.0 Å². The van der Waals surface area contributed by atoms with Crippen molar-refractivity contribution in [2.75, 3.05) is 13.2 Å². The van der Waals surface area contributed by atoms with Gasteiger partial charge in [0.15, 0.2) is 0 Å². The van der Waals surface area contributed by atoms with E-state index in [9.17, 15) is 5.11 Å². The Morgan fingerprint density at radius 3 is 2.93 bits per heavy atom. The van der Waals surface area contributed by atoms with Gasteiger partial charge in [0, 0.05) is 30.5 Å². The van der Waals surface area contributed by atoms with Gasteiger partial charge in [-0.25, -0.2) is 0 Å². The van der Waals surface area contributed by atoms with Gasteiger partial charge in [0.05, 0.1) is 5.69 Å². The molecule has 0 radical (unpaired) electrons. The predicted octanol–water partition coefficient (Wildman–Crippen LogP) is 1.04. The lowest BCUT2D eigenvalue weighted by atomic mass is 9.89. The molecule has 1 atom stereocenters. The van der Waals surface area contributed by atoms with Crippen molar-refractivity contribution >= 4 is 11.5 Å². The summed E-state index contributed by atoms with van der Waals surface area (Å²) in [4.78, 5) is 0. The topological polar surface area (TPSA) is 58.0 Å². The standard InChI is InChI=1S/C9H17N3OS/c1-3-9(2,7-13)6-10-4-8-5-14-12-11-8/h5,10,13H,3-4,6-7H2,1-2H3. The molecule has 80 valence electrons. The van der Waals surface area contributed by atoms with Gasteiger partial charge in [0.25, 0.3) is 0 Å². The van der Waals surface area contributed by atoms with Crippen LogP contribution >= 0.6 is 11.5 Å². The average molecular weight is 215 g/mol. The first-order valence-electron chi connectivity index (χ1n) is 4.78. The van der Waals surface area contributed by atoms with E-state index in [2.05, 4.69) is 28.8 Å². The second-order valence-corrected chi connectivity index (χ2v) is 4.43. The van der Waals surface area contributed by atoms with Gasteiger partial charge in [0.2, 0.25) is 0 Å². The summed E-state index contributed by atoms with van der Waals surface area (Å²) in [5.41, 5.74) is 0.940. The number of nitrogens with zero attached hydrogens (tertiary/aromatic N) is 2. The summed E-state index contributed by atoms with van der Waals surface area (Å²) in [7, 11) is 0. The maximum absolute atomic E-state index is 9.18. The molecule has 1 heterocycles. The van der Waals surface area contributed by atoms with Crippen molar-refractivity contribution < 1.29 is 5.11 Å². The molecular formula is C9H17N3OS. The molecule has 4 nitrogen and oxygen atoms in total. The Balaban J connectivity index is 2.27. The van der Waals surface area contributed by atoms with Crippen LogP contribution in [0.3, 0.4) is 0 Å². The van der Waals surface area contributed by atoms with E-state index in [0.717, 1.165) is 25.2 Å². The first-order chi connectivity index (χ1) is 6.70. The maximum Gasteiger partial charge on any atom is 0.0893 e. The molecule has 1 rings (SSSR count). The second kappa shape index (κ2) is 5.38. The zero-order chi connectivity index (χ0) is 10.4. The molecule has 0 aliphatic carbocycles. The lowest BCUT2D eigenvalue weighted by Gasteiger charge is -2.25. The molecule has 0 aliphatic rings. The van der Waals surface area contributed by atoms with E-state index in [1.807, 2.05) is 5.38 Å². The van der Waals surface area contributed by atoms with Crippen molar-refractivity contribution in [3.05, 3.63) is 11.1 Å². The maximum atomic E-state index is 9.18. The Bertz CT molecular complexity index is 247. The molecule has 5 heteroatoms. The summed E-state index contributed by atoms with van der Waals surface area (Å²) in [5, 5.41) is 18.3. The van der Waals surface area contributed by atoms with Gasteiger partial charge in [-0.3, -0.25) is 0 Å². The number of aliphatic hydroxyl groups is 1. The fourth-order valence-corrected chi connectivity index (χ4v) is 1.50. The van der Waals surface area contributed by atoms with Crippen LogP contribution in [0.15, 0.2) is 5.38 Å². The fourth-order valence-electron chi connectivity index (χ4n) is 1.05. The minimum absolute atomic E-state index is 0.0244. The van der Waals surface area contributed by atoms with Crippen LogP contribution in [-0.2, 0) is 6.54 Å². The summed E-state index contributed by atoms with van der Waals surface area (Å²) in [5.74, 6) is 0. The van der Waals surface area contributed by atoms with Crippen molar-refractivity contribution in [2.45, 2.75) is 26.8 Å². The molecule has 1 aromatic rings. The minimum Gasteiger partial charge on any atom is -0.396 e. The SMILES string of the molecule is CCC(C)(CO)CNCc1csnn1. The molecule has 0 aromatic carbocycles. The molecule has 0 spiro atoms. The fraction of sp³-hybridized carbons (Fsp3) is 0.778. The molecule has 2 N–H and O–H groups in total. The third kappa shape index (κ3) is 3.32. The van der Waals surface area contributed by atoms with Crippen molar-refractivity contribution in [1.29, 1.82) is 0 Å². The van der Waals surface area contributed by atoms with E-state index < -0.39 is 0 Å². The van der Waals surface area contributed by atoms with Gasteiger partial charge in [-0.2, -0.15) is 0 Å². The molecule has 0 fully saturated rings. The first kappa shape index (κ1) is 11.6. The van der Waals surface area contributed by atoms with Gasteiger partial charge in [0.1, 0.15) is 0 Å². The minimum atomic E-state index is -0.0244. The Kier molecular flexibility index (Phi) is 4.44. The zero-order valence-corrected chi connectivity index (χ0v) is 9.47. The van der Waals surface area contributed by atoms with Crippen LogP contribution in [0.4, 0.5) is 0 Å². The monoisotopic (exact) mass is 215 g/mol. The van der Waals surface area contributed by atoms with Crippen molar-refractivity contribution in [3.8, 4) is 0 Å². The van der Waals surface area contributed by atoms with Crippen LogP contribution in [0.5, 0.6) is 0 Å². The van der Waals surface area contributed by atoms with E-state index in [1.54, 1.807) is 0 Å². The predicted molar refractivity (Wildman–Crippen MR) is 57.1 cm³/mol. The van der Waals surface area contributed by atoms with E-state index >= 15 is 0 Å². The highest BCUT2D eigenvalue weighted by molar-refractivity contribution is 7.03. The molecular weight excluding hydrogens is 198 g/mol. The quantitative estimate of drug-likeness (QED) is 0.744. The molecule has 0 amide bonds. The number of aliphatic hydroxyl groups excluding tert-OH is 1. The largest absolute Gasteiger partial charge is 0.396 e. The van der Waals surface area contributed by atoms with Crippen LogP contribution in [0.2, 0.25) is 0 Å². The highest BCUT2D eigenvalue weighted by Crippen LogP contribution is 2.18. The van der Waals surface area contributed by atoms with Gasteiger partial charge in [-0.1, -0.05) is 18.3 Å². The second-order valence-electron chi connectivity index (χ2n) is 3.82. The van der Waals surface area contributed by atoms with Crippen molar-refractivity contribution in [3.63, 3.8) is 0 Å². The summed E-state index contributed by atoms with van der Waals surface area (Å²) >= 11 is 1.36. The zero-order valence-electron chi connectivity index (χ0n) is 8.66. The Labute approximate surface area is 88.5 Å².